The Hall–Kier alpha value is -2.80. The van der Waals surface area contributed by atoms with Crippen LogP contribution in [0.1, 0.15) is 34.9 Å². The highest BCUT2D eigenvalue weighted by Crippen LogP contribution is 2.26. The van der Waals surface area contributed by atoms with Crippen molar-refractivity contribution in [2.24, 2.45) is 0 Å². The van der Waals surface area contributed by atoms with Crippen LogP contribution in [0.2, 0.25) is 0 Å². The molecule has 0 fully saturated rings. The van der Waals surface area contributed by atoms with Gasteiger partial charge in [0.15, 0.2) is 11.9 Å². The normalized spacial score (nSPS) is 12.6. The Morgan fingerprint density at radius 1 is 1.31 bits per heavy atom. The summed E-state index contributed by atoms with van der Waals surface area (Å²) in [6, 6.07) is 5.72. The lowest BCUT2D eigenvalue weighted by Crippen LogP contribution is -2.16. The number of nitrogens with zero attached hydrogens (tertiary/aromatic N) is 1. The van der Waals surface area contributed by atoms with Crippen LogP contribution in [-0.4, -0.2) is 15.9 Å². The van der Waals surface area contributed by atoms with Gasteiger partial charge in [0.25, 0.3) is 5.56 Å². The second-order valence-electron chi connectivity index (χ2n) is 5.88. The van der Waals surface area contributed by atoms with Crippen molar-refractivity contribution in [1.82, 2.24) is 9.97 Å². The van der Waals surface area contributed by atoms with E-state index in [0.29, 0.717) is 21.6 Å². The van der Waals surface area contributed by atoms with Crippen molar-refractivity contribution in [3.8, 4) is 0 Å². The molecule has 0 aliphatic heterocycles. The van der Waals surface area contributed by atoms with Crippen LogP contribution in [0.15, 0.2) is 35.1 Å². The summed E-state index contributed by atoms with van der Waals surface area (Å²) in [5, 5.41) is 0.575. The molecular formula is C19H17FN2O3S. The van der Waals surface area contributed by atoms with Crippen molar-refractivity contribution >= 4 is 33.6 Å². The number of hydrogen-bond acceptors (Lipinski definition) is 5. The number of esters is 1. The number of aryl methyl sites for hydroxylation is 2. The van der Waals surface area contributed by atoms with E-state index in [2.05, 4.69) is 9.97 Å². The van der Waals surface area contributed by atoms with Gasteiger partial charge >= 0.3 is 5.97 Å². The monoisotopic (exact) mass is 372 g/mol. The number of aromatic nitrogens is 2. The first-order chi connectivity index (χ1) is 12.3. The number of carbonyl (C=O) groups excluding carboxylic acids is 1. The highest BCUT2D eigenvalue weighted by atomic mass is 32.1. The Bertz CT molecular complexity index is 1050. The SMILES string of the molecule is Cc1sc2nc([C@H](C)OC(=O)/C=C/c3ccc(F)cc3)[nH]c(=O)c2c1C. The zero-order chi connectivity index (χ0) is 18.8. The highest BCUT2D eigenvalue weighted by Gasteiger charge is 2.17. The van der Waals surface area contributed by atoms with Crippen LogP contribution in [0.5, 0.6) is 0 Å². The van der Waals surface area contributed by atoms with Gasteiger partial charge in [-0.3, -0.25) is 4.79 Å². The average Bonchev–Trinajstić information content (AvgIpc) is 2.89. The van der Waals surface area contributed by atoms with Gasteiger partial charge in [-0.05, 0) is 50.1 Å². The minimum Gasteiger partial charge on any atom is -0.451 e. The lowest BCUT2D eigenvalue weighted by Gasteiger charge is -2.11. The predicted octanol–water partition coefficient (Wildman–Crippen LogP) is 4.06. The molecule has 0 saturated heterocycles. The fourth-order valence-corrected chi connectivity index (χ4v) is 3.51. The molecule has 3 aromatic rings. The van der Waals surface area contributed by atoms with Gasteiger partial charge in [-0.15, -0.1) is 11.3 Å². The van der Waals surface area contributed by atoms with Gasteiger partial charge in [-0.2, -0.15) is 0 Å². The molecule has 7 heteroatoms. The van der Waals surface area contributed by atoms with E-state index in [-0.39, 0.29) is 11.4 Å². The van der Waals surface area contributed by atoms with Crippen molar-refractivity contribution in [1.29, 1.82) is 0 Å². The molecule has 0 bridgehead atoms. The zero-order valence-electron chi connectivity index (χ0n) is 14.5. The maximum absolute atomic E-state index is 12.9. The number of fused-ring (bicyclic) bond motifs is 1. The molecular weight excluding hydrogens is 355 g/mol. The Labute approximate surface area is 153 Å². The second-order valence-corrected chi connectivity index (χ2v) is 7.08. The summed E-state index contributed by atoms with van der Waals surface area (Å²) in [5.41, 5.74) is 1.35. The molecule has 1 N–H and O–H groups in total. The first kappa shape index (κ1) is 18.0. The minimum absolute atomic E-state index is 0.239. The van der Waals surface area contributed by atoms with Crippen molar-refractivity contribution in [2.75, 3.05) is 0 Å². The molecule has 0 saturated carbocycles. The minimum atomic E-state index is -0.708. The van der Waals surface area contributed by atoms with Crippen LogP contribution in [-0.2, 0) is 9.53 Å². The first-order valence-electron chi connectivity index (χ1n) is 7.99. The molecule has 134 valence electrons. The molecule has 2 aromatic heterocycles. The lowest BCUT2D eigenvalue weighted by atomic mass is 10.2. The quantitative estimate of drug-likeness (QED) is 0.554. The molecule has 0 spiro atoms. The maximum atomic E-state index is 12.9. The molecule has 26 heavy (non-hydrogen) atoms. The van der Waals surface area contributed by atoms with Gasteiger partial charge in [0.1, 0.15) is 10.6 Å². The van der Waals surface area contributed by atoms with Crippen molar-refractivity contribution in [3.05, 3.63) is 68.3 Å². The second kappa shape index (κ2) is 7.21. The number of benzene rings is 1. The van der Waals surface area contributed by atoms with E-state index in [4.69, 9.17) is 4.74 Å². The van der Waals surface area contributed by atoms with E-state index < -0.39 is 12.1 Å². The van der Waals surface area contributed by atoms with Gasteiger partial charge in [-0.25, -0.2) is 14.2 Å². The fourth-order valence-electron chi connectivity index (χ4n) is 2.47. The van der Waals surface area contributed by atoms with Gasteiger partial charge in [0, 0.05) is 11.0 Å². The van der Waals surface area contributed by atoms with Gasteiger partial charge in [-0.1, -0.05) is 12.1 Å². The standard InChI is InChI=1S/C19H17FN2O3S/c1-10-12(3)26-19-16(10)18(24)21-17(22-19)11(2)25-15(23)9-6-13-4-7-14(20)8-5-13/h4-9,11H,1-3H3,(H,21,22,24)/b9-6+/t11-/m0/s1. The Morgan fingerprint density at radius 3 is 2.69 bits per heavy atom. The number of hydrogen-bond donors (Lipinski definition) is 1. The molecule has 2 heterocycles. The maximum Gasteiger partial charge on any atom is 0.331 e. The van der Waals surface area contributed by atoms with Gasteiger partial charge < -0.3 is 9.72 Å². The van der Waals surface area contributed by atoms with E-state index in [1.54, 1.807) is 19.1 Å². The van der Waals surface area contributed by atoms with Crippen LogP contribution in [0.3, 0.4) is 0 Å². The zero-order valence-corrected chi connectivity index (χ0v) is 15.3. The molecule has 3 rings (SSSR count). The third kappa shape index (κ3) is 3.72. The Kier molecular flexibility index (Phi) is 4.99. The number of thiophene rings is 1. The molecule has 0 aliphatic carbocycles. The van der Waals surface area contributed by atoms with E-state index in [9.17, 15) is 14.0 Å². The number of nitrogens with one attached hydrogen (secondary N) is 1. The van der Waals surface area contributed by atoms with Crippen LogP contribution in [0.4, 0.5) is 4.39 Å². The molecule has 5 nitrogen and oxygen atoms in total. The number of H-pyrrole nitrogens is 1. The average molecular weight is 372 g/mol. The van der Waals surface area contributed by atoms with Crippen molar-refractivity contribution in [2.45, 2.75) is 26.9 Å². The van der Waals surface area contributed by atoms with E-state index in [0.717, 1.165) is 10.4 Å². The van der Waals surface area contributed by atoms with Crippen LogP contribution in [0.25, 0.3) is 16.3 Å². The van der Waals surface area contributed by atoms with E-state index >= 15 is 0 Å². The molecule has 0 amide bonds. The Balaban J connectivity index is 1.76. The first-order valence-corrected chi connectivity index (χ1v) is 8.81. The lowest BCUT2D eigenvalue weighted by molar-refractivity contribution is -0.142. The third-order valence-electron chi connectivity index (χ3n) is 4.02. The van der Waals surface area contributed by atoms with Crippen molar-refractivity contribution < 1.29 is 13.9 Å². The van der Waals surface area contributed by atoms with Crippen LogP contribution in [0, 0.1) is 19.7 Å². The van der Waals surface area contributed by atoms with E-state index in [1.807, 2.05) is 13.8 Å². The Morgan fingerprint density at radius 2 is 2.00 bits per heavy atom. The molecule has 0 unspecified atom stereocenters. The van der Waals surface area contributed by atoms with Crippen LogP contribution < -0.4 is 5.56 Å². The summed E-state index contributed by atoms with van der Waals surface area (Å²) in [6.07, 6.45) is 2.07. The van der Waals surface area contributed by atoms with Crippen LogP contribution >= 0.6 is 11.3 Å². The summed E-state index contributed by atoms with van der Waals surface area (Å²) in [5.74, 6) is -0.627. The number of ether oxygens (including phenoxy) is 1. The topological polar surface area (TPSA) is 72.0 Å². The van der Waals surface area contributed by atoms with Gasteiger partial charge in [0.05, 0.1) is 5.39 Å². The number of aromatic amines is 1. The van der Waals surface area contributed by atoms with Crippen molar-refractivity contribution in [3.63, 3.8) is 0 Å². The summed E-state index contributed by atoms with van der Waals surface area (Å²) in [7, 11) is 0. The molecule has 0 radical (unpaired) electrons. The number of halogens is 1. The highest BCUT2D eigenvalue weighted by molar-refractivity contribution is 7.18. The largest absolute Gasteiger partial charge is 0.451 e. The predicted molar refractivity (Wildman–Crippen MR) is 99.7 cm³/mol. The summed E-state index contributed by atoms with van der Waals surface area (Å²) >= 11 is 1.44. The summed E-state index contributed by atoms with van der Waals surface area (Å²) in [6.45, 7) is 5.46. The molecule has 0 aliphatic rings. The summed E-state index contributed by atoms with van der Waals surface area (Å²) in [4.78, 5) is 33.0. The number of rotatable bonds is 4. The summed E-state index contributed by atoms with van der Waals surface area (Å²) < 4.78 is 18.2. The fraction of sp³-hybridized carbons (Fsp3) is 0.211. The molecule has 1 atom stereocenters. The molecule has 1 aromatic carbocycles. The number of carbonyl (C=O) groups is 1. The van der Waals surface area contributed by atoms with Gasteiger partial charge in [0.2, 0.25) is 0 Å². The third-order valence-corrected chi connectivity index (χ3v) is 5.12. The smallest absolute Gasteiger partial charge is 0.331 e. The van der Waals surface area contributed by atoms with E-state index in [1.165, 1.54) is 35.6 Å².